The highest BCUT2D eigenvalue weighted by Gasteiger charge is 2.20. The lowest BCUT2D eigenvalue weighted by Crippen LogP contribution is -2.30. The van der Waals surface area contributed by atoms with Crippen molar-refractivity contribution in [1.82, 2.24) is 9.66 Å². The number of piperidine rings is 1. The summed E-state index contributed by atoms with van der Waals surface area (Å²) in [5, 5.41) is 16.4. The van der Waals surface area contributed by atoms with Crippen LogP contribution in [0.15, 0.2) is 34.4 Å². The third-order valence-corrected chi connectivity index (χ3v) is 7.30. The molecule has 9 heteroatoms. The van der Waals surface area contributed by atoms with E-state index in [-0.39, 0.29) is 11.2 Å². The number of nitro benzene ring substituents is 1. The summed E-state index contributed by atoms with van der Waals surface area (Å²) in [5.41, 5.74) is 2.50. The lowest BCUT2D eigenvalue weighted by Gasteiger charge is -2.29. The van der Waals surface area contributed by atoms with Gasteiger partial charge >= 0.3 is 0 Å². The summed E-state index contributed by atoms with van der Waals surface area (Å²) in [6.45, 7) is 1.82. The fourth-order valence-electron chi connectivity index (χ4n) is 4.53. The minimum atomic E-state index is -0.408. The molecule has 8 nitrogen and oxygen atoms in total. The van der Waals surface area contributed by atoms with Gasteiger partial charge in [-0.25, -0.2) is 4.98 Å². The van der Waals surface area contributed by atoms with Gasteiger partial charge in [0.1, 0.15) is 11.2 Å². The zero-order valence-corrected chi connectivity index (χ0v) is 17.9. The molecule has 1 aliphatic heterocycles. The Bertz CT molecular complexity index is 1240. The second-order valence-electron chi connectivity index (χ2n) is 8.08. The van der Waals surface area contributed by atoms with Gasteiger partial charge in [0.15, 0.2) is 0 Å². The Morgan fingerprint density at radius 1 is 1.13 bits per heavy atom. The number of nitro groups is 1. The molecule has 0 N–H and O–H groups in total. The second-order valence-corrected chi connectivity index (χ2v) is 9.16. The topological polar surface area (TPSA) is 93.6 Å². The molecule has 2 aliphatic rings. The van der Waals surface area contributed by atoms with Crippen LogP contribution in [0, 0.1) is 10.1 Å². The van der Waals surface area contributed by atoms with Gasteiger partial charge < -0.3 is 4.90 Å². The normalized spacial score (nSPS) is 16.7. The van der Waals surface area contributed by atoms with Crippen molar-refractivity contribution < 1.29 is 4.92 Å². The molecule has 1 saturated heterocycles. The predicted octanol–water partition coefficient (Wildman–Crippen LogP) is 4.12. The first kappa shape index (κ1) is 19.9. The molecular formula is C22H23N5O3S. The molecule has 0 spiro atoms. The van der Waals surface area contributed by atoms with Gasteiger partial charge in [-0.2, -0.15) is 9.78 Å². The molecule has 0 saturated carbocycles. The fraction of sp³-hybridized carbons (Fsp3) is 0.409. The Kier molecular flexibility index (Phi) is 5.27. The molecule has 0 amide bonds. The molecule has 5 rings (SSSR count). The van der Waals surface area contributed by atoms with Crippen molar-refractivity contribution in [2.24, 2.45) is 5.10 Å². The monoisotopic (exact) mass is 437 g/mol. The van der Waals surface area contributed by atoms with E-state index in [2.05, 4.69) is 15.0 Å². The highest BCUT2D eigenvalue weighted by Crippen LogP contribution is 2.33. The second kappa shape index (κ2) is 8.22. The maximum absolute atomic E-state index is 13.1. The highest BCUT2D eigenvalue weighted by atomic mass is 32.1. The molecule has 1 aliphatic carbocycles. The predicted molar refractivity (Wildman–Crippen MR) is 123 cm³/mol. The van der Waals surface area contributed by atoms with Crippen molar-refractivity contribution in [2.75, 3.05) is 18.0 Å². The largest absolute Gasteiger partial charge is 0.371 e. The number of aryl methyl sites for hydroxylation is 2. The molecule has 1 fully saturated rings. The Morgan fingerprint density at radius 2 is 1.94 bits per heavy atom. The van der Waals surface area contributed by atoms with E-state index >= 15 is 0 Å². The number of thiophene rings is 1. The number of hydrogen-bond donors (Lipinski definition) is 0. The van der Waals surface area contributed by atoms with E-state index in [0.29, 0.717) is 10.9 Å². The van der Waals surface area contributed by atoms with Crippen LogP contribution in [0.4, 0.5) is 11.4 Å². The number of aromatic nitrogens is 2. The molecule has 31 heavy (non-hydrogen) atoms. The quantitative estimate of drug-likeness (QED) is 0.348. The van der Waals surface area contributed by atoms with Crippen LogP contribution < -0.4 is 10.5 Å². The number of hydrogen-bond acceptors (Lipinski definition) is 7. The minimum absolute atomic E-state index is 0.00929. The zero-order chi connectivity index (χ0) is 21.4. The van der Waals surface area contributed by atoms with E-state index in [1.807, 2.05) is 0 Å². The SMILES string of the molecule is O=c1c2c3c(sc2ncn1/N=C\c1cc([N+](=O)[O-])ccc1N1CCCCC1)CCCC3. The van der Waals surface area contributed by atoms with Crippen molar-refractivity contribution in [3.05, 3.63) is 61.0 Å². The van der Waals surface area contributed by atoms with E-state index in [0.717, 1.165) is 67.7 Å². The molecule has 2 aromatic heterocycles. The molecule has 3 heterocycles. The summed E-state index contributed by atoms with van der Waals surface area (Å²) >= 11 is 1.61. The first-order chi connectivity index (χ1) is 15.1. The van der Waals surface area contributed by atoms with Gasteiger partial charge in [0.25, 0.3) is 11.2 Å². The Morgan fingerprint density at radius 3 is 2.74 bits per heavy atom. The maximum atomic E-state index is 13.1. The maximum Gasteiger partial charge on any atom is 0.282 e. The molecule has 1 aromatic carbocycles. The van der Waals surface area contributed by atoms with Gasteiger partial charge in [0, 0.05) is 41.4 Å². The van der Waals surface area contributed by atoms with Crippen LogP contribution in [-0.2, 0) is 12.8 Å². The third-order valence-electron chi connectivity index (χ3n) is 6.10. The number of rotatable bonds is 4. The first-order valence-corrected chi connectivity index (χ1v) is 11.5. The molecule has 3 aromatic rings. The van der Waals surface area contributed by atoms with Gasteiger partial charge in [0.2, 0.25) is 0 Å². The van der Waals surface area contributed by atoms with Crippen LogP contribution in [-0.4, -0.2) is 33.9 Å². The number of nitrogens with zero attached hydrogens (tertiary/aromatic N) is 5. The lowest BCUT2D eigenvalue weighted by molar-refractivity contribution is -0.384. The van der Waals surface area contributed by atoms with Gasteiger partial charge in [-0.15, -0.1) is 11.3 Å². The molecular weight excluding hydrogens is 414 g/mol. The van der Waals surface area contributed by atoms with Crippen molar-refractivity contribution in [1.29, 1.82) is 0 Å². The van der Waals surface area contributed by atoms with E-state index in [1.165, 1.54) is 34.4 Å². The van der Waals surface area contributed by atoms with Crippen molar-refractivity contribution in [3.63, 3.8) is 0 Å². The summed E-state index contributed by atoms with van der Waals surface area (Å²) < 4.78 is 1.25. The fourth-order valence-corrected chi connectivity index (χ4v) is 5.74. The van der Waals surface area contributed by atoms with Crippen LogP contribution >= 0.6 is 11.3 Å². The number of benzene rings is 1. The van der Waals surface area contributed by atoms with Crippen LogP contribution in [0.2, 0.25) is 0 Å². The molecule has 0 radical (unpaired) electrons. The van der Waals surface area contributed by atoms with Gasteiger partial charge in [-0.1, -0.05) is 0 Å². The summed E-state index contributed by atoms with van der Waals surface area (Å²) in [5.74, 6) is 0. The van der Waals surface area contributed by atoms with Gasteiger partial charge in [-0.3, -0.25) is 14.9 Å². The molecule has 0 atom stereocenters. The molecule has 0 unspecified atom stereocenters. The summed E-state index contributed by atoms with van der Waals surface area (Å²) in [4.78, 5) is 32.8. The van der Waals surface area contributed by atoms with Crippen molar-refractivity contribution in [2.45, 2.75) is 44.9 Å². The summed E-state index contributed by atoms with van der Waals surface area (Å²) in [6.07, 6.45) is 10.5. The van der Waals surface area contributed by atoms with Crippen LogP contribution in [0.3, 0.4) is 0 Å². The highest BCUT2D eigenvalue weighted by molar-refractivity contribution is 7.18. The first-order valence-electron chi connectivity index (χ1n) is 10.7. The number of non-ortho nitro benzene ring substituents is 1. The van der Waals surface area contributed by atoms with E-state index < -0.39 is 4.92 Å². The van der Waals surface area contributed by atoms with Crippen molar-refractivity contribution >= 4 is 39.1 Å². The number of fused-ring (bicyclic) bond motifs is 3. The van der Waals surface area contributed by atoms with Crippen LogP contribution in [0.5, 0.6) is 0 Å². The Labute approximate surface area is 183 Å². The summed E-state index contributed by atoms with van der Waals surface area (Å²) in [7, 11) is 0. The standard InChI is InChI=1S/C22H23N5O3S/c28-22-20-17-6-2-3-7-19(17)31-21(20)23-14-26(22)24-13-15-12-16(27(29)30)8-9-18(15)25-10-4-1-5-11-25/h8-9,12-14H,1-7,10-11H2/b24-13-. The zero-order valence-electron chi connectivity index (χ0n) is 17.1. The average Bonchev–Trinajstić information content (AvgIpc) is 3.18. The summed E-state index contributed by atoms with van der Waals surface area (Å²) in [6, 6.07) is 4.83. The van der Waals surface area contributed by atoms with Crippen LogP contribution in [0.1, 0.15) is 48.1 Å². The minimum Gasteiger partial charge on any atom is -0.371 e. The smallest absolute Gasteiger partial charge is 0.282 e. The number of anilines is 1. The van der Waals surface area contributed by atoms with E-state index in [1.54, 1.807) is 23.6 Å². The average molecular weight is 438 g/mol. The Hall–Kier alpha value is -3.07. The van der Waals surface area contributed by atoms with Gasteiger partial charge in [-0.05, 0) is 56.6 Å². The molecule has 160 valence electrons. The van der Waals surface area contributed by atoms with E-state index in [9.17, 15) is 14.9 Å². The van der Waals surface area contributed by atoms with Crippen molar-refractivity contribution in [3.8, 4) is 0 Å². The Balaban J connectivity index is 1.56. The lowest BCUT2D eigenvalue weighted by atomic mass is 9.97. The van der Waals surface area contributed by atoms with Crippen LogP contribution in [0.25, 0.3) is 10.2 Å². The van der Waals surface area contributed by atoms with Gasteiger partial charge in [0.05, 0.1) is 16.5 Å². The third kappa shape index (κ3) is 3.74. The van der Waals surface area contributed by atoms with E-state index in [4.69, 9.17) is 0 Å². The molecule has 0 bridgehead atoms.